The Labute approximate surface area is 121 Å². The van der Waals surface area contributed by atoms with Gasteiger partial charge in [-0.15, -0.1) is 0 Å². The summed E-state index contributed by atoms with van der Waals surface area (Å²) >= 11 is 0. The van der Waals surface area contributed by atoms with Crippen molar-refractivity contribution in [2.45, 2.75) is 12.9 Å². The molecule has 22 heavy (non-hydrogen) atoms. The van der Waals surface area contributed by atoms with Crippen LogP contribution in [0.4, 0.5) is 17.6 Å². The third-order valence-corrected chi connectivity index (χ3v) is 3.21. The fraction of sp³-hybridized carbons (Fsp3) is 0.143. The molecule has 0 saturated heterocycles. The summed E-state index contributed by atoms with van der Waals surface area (Å²) in [7, 11) is 0. The number of alkyl halides is 4. The molecule has 8 heteroatoms. The Morgan fingerprint density at radius 1 is 1.18 bits per heavy atom. The monoisotopic (exact) mass is 311 g/mol. The van der Waals surface area contributed by atoms with Gasteiger partial charge in [0.15, 0.2) is 0 Å². The van der Waals surface area contributed by atoms with Crippen LogP contribution in [0, 0.1) is 0 Å². The Balaban J connectivity index is 2.30. The van der Waals surface area contributed by atoms with Crippen LogP contribution < -0.4 is 5.56 Å². The predicted octanol–water partition coefficient (Wildman–Crippen LogP) is 3.20. The first-order valence-corrected chi connectivity index (χ1v) is 6.23. The van der Waals surface area contributed by atoms with Gasteiger partial charge in [-0.05, 0) is 23.8 Å². The lowest BCUT2D eigenvalue weighted by Crippen LogP contribution is -2.12. The first-order valence-electron chi connectivity index (χ1n) is 6.23. The zero-order valence-corrected chi connectivity index (χ0v) is 11.0. The van der Waals surface area contributed by atoms with Crippen LogP contribution in [0.15, 0.2) is 41.5 Å². The van der Waals surface area contributed by atoms with Crippen LogP contribution in [0.1, 0.15) is 11.1 Å². The maximum absolute atomic E-state index is 13.2. The van der Waals surface area contributed by atoms with Gasteiger partial charge in [-0.2, -0.15) is 13.2 Å². The topological polar surface area (TPSA) is 50.7 Å². The van der Waals surface area contributed by atoms with E-state index in [4.69, 9.17) is 0 Å². The van der Waals surface area contributed by atoms with E-state index >= 15 is 0 Å². The zero-order chi connectivity index (χ0) is 15.9. The Morgan fingerprint density at radius 3 is 2.64 bits per heavy atom. The third-order valence-electron chi connectivity index (χ3n) is 3.21. The molecule has 4 nitrogen and oxygen atoms in total. The van der Waals surface area contributed by atoms with E-state index in [9.17, 15) is 22.4 Å². The summed E-state index contributed by atoms with van der Waals surface area (Å²) in [5.41, 5.74) is -1.26. The minimum absolute atomic E-state index is 0.0750. The highest BCUT2D eigenvalue weighted by Crippen LogP contribution is 2.35. The summed E-state index contributed by atoms with van der Waals surface area (Å²) in [5, 5.41) is 0. The van der Waals surface area contributed by atoms with E-state index in [0.717, 1.165) is 16.7 Å². The average molecular weight is 311 g/mol. The number of nitrogens with one attached hydrogen (secondary N) is 1. The molecular weight excluding hydrogens is 302 g/mol. The fourth-order valence-electron chi connectivity index (χ4n) is 2.21. The molecule has 0 atom stereocenters. The van der Waals surface area contributed by atoms with Crippen LogP contribution in [0.25, 0.3) is 16.9 Å². The average Bonchev–Trinajstić information content (AvgIpc) is 2.88. The molecule has 0 spiro atoms. The number of fused-ring (bicyclic) bond motifs is 1. The van der Waals surface area contributed by atoms with Crippen LogP contribution in [-0.2, 0) is 12.9 Å². The number of pyridine rings is 1. The smallest absolute Gasteiger partial charge is 0.306 e. The molecule has 0 aliphatic rings. The van der Waals surface area contributed by atoms with Crippen LogP contribution >= 0.6 is 0 Å². The lowest BCUT2D eigenvalue weighted by molar-refractivity contribution is -0.137. The molecule has 3 rings (SSSR count). The van der Waals surface area contributed by atoms with Gasteiger partial charge >= 0.3 is 6.18 Å². The van der Waals surface area contributed by atoms with E-state index in [1.54, 1.807) is 0 Å². The molecule has 1 N–H and O–H groups in total. The van der Waals surface area contributed by atoms with Crippen molar-refractivity contribution in [1.82, 2.24) is 14.5 Å². The van der Waals surface area contributed by atoms with Crippen LogP contribution in [-0.4, -0.2) is 14.5 Å². The molecule has 2 aromatic heterocycles. The Hall–Kier alpha value is -2.64. The van der Waals surface area contributed by atoms with Gasteiger partial charge in [0.25, 0.3) is 0 Å². The molecule has 0 fully saturated rings. The van der Waals surface area contributed by atoms with Crippen molar-refractivity contribution in [1.29, 1.82) is 0 Å². The minimum Gasteiger partial charge on any atom is -0.306 e. The van der Waals surface area contributed by atoms with Crippen LogP contribution in [0.2, 0.25) is 0 Å². The van der Waals surface area contributed by atoms with E-state index in [-0.39, 0.29) is 16.9 Å². The number of hydrogen-bond acceptors (Lipinski definition) is 2. The normalized spacial score (nSPS) is 12.0. The molecule has 114 valence electrons. The first kappa shape index (κ1) is 14.3. The number of hydrogen-bond donors (Lipinski definition) is 1. The van der Waals surface area contributed by atoms with Gasteiger partial charge in [0.2, 0.25) is 5.56 Å². The molecule has 3 aromatic rings. The third kappa shape index (κ3) is 2.36. The van der Waals surface area contributed by atoms with E-state index in [0.29, 0.717) is 5.52 Å². The van der Waals surface area contributed by atoms with E-state index < -0.39 is 24.0 Å². The molecule has 1 aromatic carbocycles. The SMILES string of the molecule is O=c1ccc2ncn(-c3ccc(CF)cc3C(F)(F)F)c2[nH]1. The van der Waals surface area contributed by atoms with E-state index in [2.05, 4.69) is 9.97 Å². The van der Waals surface area contributed by atoms with Crippen molar-refractivity contribution in [3.05, 3.63) is 58.1 Å². The Bertz CT molecular complexity index is 895. The van der Waals surface area contributed by atoms with Gasteiger partial charge in [0, 0.05) is 6.07 Å². The number of H-pyrrole nitrogens is 1. The standard InChI is InChI=1S/C14H9F4N3O/c15-6-8-1-3-11(9(5-8)14(16,17)18)21-7-19-10-2-4-12(22)20-13(10)21/h1-5,7H,6H2,(H,20,22). The second-order valence-corrected chi connectivity index (χ2v) is 4.65. The van der Waals surface area contributed by atoms with Crippen molar-refractivity contribution in [2.24, 2.45) is 0 Å². The number of aromatic nitrogens is 3. The summed E-state index contributed by atoms with van der Waals surface area (Å²) in [5.74, 6) is 0. The van der Waals surface area contributed by atoms with Gasteiger partial charge in [-0.25, -0.2) is 9.37 Å². The molecule has 0 saturated carbocycles. The lowest BCUT2D eigenvalue weighted by Gasteiger charge is -2.14. The Kier molecular flexibility index (Phi) is 3.23. The highest BCUT2D eigenvalue weighted by atomic mass is 19.4. The Morgan fingerprint density at radius 2 is 1.95 bits per heavy atom. The molecule has 0 unspecified atom stereocenters. The van der Waals surface area contributed by atoms with Crippen molar-refractivity contribution in [3.8, 4) is 5.69 Å². The predicted molar refractivity (Wildman–Crippen MR) is 71.5 cm³/mol. The number of imidazole rings is 1. The molecule has 2 heterocycles. The summed E-state index contributed by atoms with van der Waals surface area (Å²) < 4.78 is 53.4. The van der Waals surface area contributed by atoms with Gasteiger partial charge in [0.05, 0.1) is 11.3 Å². The molecule has 0 amide bonds. The fourth-order valence-corrected chi connectivity index (χ4v) is 2.21. The minimum atomic E-state index is -4.66. The highest BCUT2D eigenvalue weighted by Gasteiger charge is 2.34. The van der Waals surface area contributed by atoms with Crippen molar-refractivity contribution < 1.29 is 17.6 Å². The van der Waals surface area contributed by atoms with Crippen LogP contribution in [0.3, 0.4) is 0 Å². The second-order valence-electron chi connectivity index (χ2n) is 4.65. The number of benzene rings is 1. The number of rotatable bonds is 2. The maximum atomic E-state index is 13.2. The van der Waals surface area contributed by atoms with Crippen molar-refractivity contribution in [3.63, 3.8) is 0 Å². The van der Waals surface area contributed by atoms with E-state index in [1.165, 1.54) is 24.5 Å². The molecular formula is C14H9F4N3O. The summed E-state index contributed by atoms with van der Waals surface area (Å²) in [6.45, 7) is -0.995. The molecule has 0 aliphatic heterocycles. The van der Waals surface area contributed by atoms with Gasteiger partial charge in [-0.3, -0.25) is 9.36 Å². The largest absolute Gasteiger partial charge is 0.418 e. The summed E-state index contributed by atoms with van der Waals surface area (Å²) in [6.07, 6.45) is -3.48. The van der Waals surface area contributed by atoms with Gasteiger partial charge in [0.1, 0.15) is 24.2 Å². The van der Waals surface area contributed by atoms with E-state index in [1.807, 2.05) is 0 Å². The number of aromatic amines is 1. The lowest BCUT2D eigenvalue weighted by atomic mass is 10.1. The second kappa shape index (κ2) is 4.97. The summed E-state index contributed by atoms with van der Waals surface area (Å²) in [6, 6.07) is 5.81. The van der Waals surface area contributed by atoms with Gasteiger partial charge in [-0.1, -0.05) is 6.07 Å². The van der Waals surface area contributed by atoms with Crippen LogP contribution in [0.5, 0.6) is 0 Å². The molecule has 0 bridgehead atoms. The maximum Gasteiger partial charge on any atom is 0.418 e. The summed E-state index contributed by atoms with van der Waals surface area (Å²) in [4.78, 5) is 17.8. The first-order chi connectivity index (χ1) is 10.4. The molecule has 0 radical (unpaired) electrons. The van der Waals surface area contributed by atoms with Crippen molar-refractivity contribution >= 4 is 11.2 Å². The number of halogens is 4. The zero-order valence-electron chi connectivity index (χ0n) is 11.0. The van der Waals surface area contributed by atoms with Crippen molar-refractivity contribution in [2.75, 3.05) is 0 Å². The highest BCUT2D eigenvalue weighted by molar-refractivity contribution is 5.73. The quantitative estimate of drug-likeness (QED) is 0.739. The number of nitrogens with zero attached hydrogens (tertiary/aromatic N) is 2. The van der Waals surface area contributed by atoms with Gasteiger partial charge < -0.3 is 4.98 Å². The molecule has 0 aliphatic carbocycles.